The Kier molecular flexibility index (Phi) is 8.25. The molecule has 10 nitrogen and oxygen atoms in total. The van der Waals surface area contributed by atoms with Crippen LogP contribution < -0.4 is 34.3 Å². The molecule has 2 atom stereocenters. The van der Waals surface area contributed by atoms with E-state index < -0.39 is 5.54 Å². The molecule has 40 heavy (non-hydrogen) atoms. The summed E-state index contributed by atoms with van der Waals surface area (Å²) in [6.45, 7) is 4.13. The third kappa shape index (κ3) is 5.62. The number of carbonyl (C=O) groups is 1. The predicted molar refractivity (Wildman–Crippen MR) is 149 cm³/mol. The van der Waals surface area contributed by atoms with Crippen LogP contribution in [0.1, 0.15) is 37.6 Å². The SMILES string of the molecule is COc1cc(-c2cnc(CCC(=O)NC(C)(c3ccc4c(c3)OCO4)C3CCCNC3)nc2)cc(OC)c1OC. The van der Waals surface area contributed by atoms with Crippen molar-refractivity contribution in [3.8, 4) is 39.9 Å². The fourth-order valence-corrected chi connectivity index (χ4v) is 5.43. The number of amides is 1. The number of hydrogen-bond acceptors (Lipinski definition) is 9. The molecule has 2 N–H and O–H groups in total. The number of carbonyl (C=O) groups excluding carboxylic acids is 1. The third-order valence-corrected chi connectivity index (χ3v) is 7.76. The summed E-state index contributed by atoms with van der Waals surface area (Å²) in [6, 6.07) is 9.63. The van der Waals surface area contributed by atoms with Gasteiger partial charge in [0.05, 0.1) is 26.9 Å². The van der Waals surface area contributed by atoms with E-state index in [4.69, 9.17) is 23.7 Å². The van der Waals surface area contributed by atoms with Crippen molar-refractivity contribution in [2.24, 2.45) is 5.92 Å². The van der Waals surface area contributed by atoms with E-state index in [1.165, 1.54) is 0 Å². The quantitative estimate of drug-likeness (QED) is 0.390. The molecule has 5 rings (SSSR count). The first kappa shape index (κ1) is 27.5. The number of rotatable bonds is 10. The first-order valence-electron chi connectivity index (χ1n) is 13.5. The summed E-state index contributed by atoms with van der Waals surface area (Å²) in [7, 11) is 4.72. The largest absolute Gasteiger partial charge is 0.493 e. The number of hydrogen-bond donors (Lipinski definition) is 2. The van der Waals surface area contributed by atoms with E-state index in [0.717, 1.165) is 48.4 Å². The average molecular weight is 549 g/mol. The molecule has 2 aliphatic heterocycles. The Labute approximate surface area is 234 Å². The van der Waals surface area contributed by atoms with E-state index in [1.54, 1.807) is 33.7 Å². The van der Waals surface area contributed by atoms with Gasteiger partial charge in [-0.1, -0.05) is 6.07 Å². The first-order chi connectivity index (χ1) is 19.4. The van der Waals surface area contributed by atoms with Crippen molar-refractivity contribution in [3.05, 3.63) is 54.1 Å². The number of benzene rings is 2. The minimum absolute atomic E-state index is 0.0527. The van der Waals surface area contributed by atoms with Crippen LogP contribution in [0.15, 0.2) is 42.7 Å². The summed E-state index contributed by atoms with van der Waals surface area (Å²) in [4.78, 5) is 22.3. The standard InChI is InChI=1S/C30H36N4O6/c1-30(22-6-5-11-31-17-22,21-7-8-23-24(14-21)40-18-39-23)34-28(35)10-9-27-32-15-20(16-33-27)19-12-25(36-2)29(38-4)26(13-19)37-3/h7-8,12-16,22,31H,5-6,9-11,17-18H2,1-4H3,(H,34,35). The van der Waals surface area contributed by atoms with Crippen molar-refractivity contribution in [2.45, 2.75) is 38.1 Å². The number of fused-ring (bicyclic) bond motifs is 1. The van der Waals surface area contributed by atoms with Crippen LogP contribution in [0, 0.1) is 5.92 Å². The molecule has 3 aromatic rings. The first-order valence-corrected chi connectivity index (χ1v) is 13.5. The van der Waals surface area contributed by atoms with Gasteiger partial charge in [-0.25, -0.2) is 9.97 Å². The molecule has 1 fully saturated rings. The van der Waals surface area contributed by atoms with Gasteiger partial charge in [0, 0.05) is 37.3 Å². The lowest BCUT2D eigenvalue weighted by atomic mass is 9.75. The van der Waals surface area contributed by atoms with E-state index in [0.29, 0.717) is 35.2 Å². The summed E-state index contributed by atoms with van der Waals surface area (Å²) in [5.74, 6) is 3.84. The van der Waals surface area contributed by atoms with Gasteiger partial charge in [-0.15, -0.1) is 0 Å². The molecule has 1 amide bonds. The van der Waals surface area contributed by atoms with Crippen LogP contribution in [0.2, 0.25) is 0 Å². The van der Waals surface area contributed by atoms with Gasteiger partial charge >= 0.3 is 0 Å². The molecule has 1 saturated heterocycles. The van der Waals surface area contributed by atoms with E-state index in [1.807, 2.05) is 30.3 Å². The Bertz CT molecular complexity index is 1320. The van der Waals surface area contributed by atoms with Crippen LogP contribution in [0.5, 0.6) is 28.7 Å². The minimum Gasteiger partial charge on any atom is -0.493 e. The minimum atomic E-state index is -0.567. The number of aromatic nitrogens is 2. The Morgan fingerprint density at radius 3 is 2.40 bits per heavy atom. The lowest BCUT2D eigenvalue weighted by molar-refractivity contribution is -0.123. The second-order valence-electron chi connectivity index (χ2n) is 10.2. The molecule has 2 aliphatic rings. The van der Waals surface area contributed by atoms with Crippen LogP contribution in [0.4, 0.5) is 0 Å². The molecule has 1 aromatic heterocycles. The Balaban J connectivity index is 1.28. The fraction of sp³-hybridized carbons (Fsp3) is 0.433. The highest BCUT2D eigenvalue weighted by Gasteiger charge is 2.39. The van der Waals surface area contributed by atoms with Crippen molar-refractivity contribution >= 4 is 5.91 Å². The molecule has 0 spiro atoms. The highest BCUT2D eigenvalue weighted by molar-refractivity contribution is 5.77. The second kappa shape index (κ2) is 12.0. The van der Waals surface area contributed by atoms with E-state index in [2.05, 4.69) is 27.5 Å². The summed E-state index contributed by atoms with van der Waals surface area (Å²) < 4.78 is 27.4. The molecule has 3 heterocycles. The number of nitrogens with zero attached hydrogens (tertiary/aromatic N) is 2. The number of aryl methyl sites for hydroxylation is 1. The van der Waals surface area contributed by atoms with E-state index >= 15 is 0 Å². The molecule has 2 unspecified atom stereocenters. The van der Waals surface area contributed by atoms with Gasteiger partial charge in [0.1, 0.15) is 5.82 Å². The zero-order valence-corrected chi connectivity index (χ0v) is 23.4. The maximum atomic E-state index is 13.3. The van der Waals surface area contributed by atoms with Gasteiger partial charge in [-0.3, -0.25) is 4.79 Å². The third-order valence-electron chi connectivity index (χ3n) is 7.76. The van der Waals surface area contributed by atoms with E-state index in [-0.39, 0.29) is 25.0 Å². The Morgan fingerprint density at radius 2 is 1.75 bits per heavy atom. The Hall–Kier alpha value is -4.05. The van der Waals surface area contributed by atoms with Crippen molar-refractivity contribution in [3.63, 3.8) is 0 Å². The van der Waals surface area contributed by atoms with Crippen LogP contribution in [-0.2, 0) is 16.8 Å². The van der Waals surface area contributed by atoms with Crippen LogP contribution in [0.25, 0.3) is 11.1 Å². The Morgan fingerprint density at radius 1 is 1.02 bits per heavy atom. The van der Waals surface area contributed by atoms with Crippen molar-refractivity contribution < 1.29 is 28.5 Å². The maximum Gasteiger partial charge on any atom is 0.231 e. The highest BCUT2D eigenvalue weighted by Crippen LogP contribution is 2.42. The zero-order valence-electron chi connectivity index (χ0n) is 23.4. The lowest BCUT2D eigenvalue weighted by Gasteiger charge is -2.41. The van der Waals surface area contributed by atoms with Gasteiger partial charge in [0.2, 0.25) is 18.4 Å². The molecule has 0 aliphatic carbocycles. The fourth-order valence-electron chi connectivity index (χ4n) is 5.43. The number of methoxy groups -OCH3 is 3. The van der Waals surface area contributed by atoms with Gasteiger partial charge in [-0.2, -0.15) is 0 Å². The average Bonchev–Trinajstić information content (AvgIpc) is 3.48. The van der Waals surface area contributed by atoms with Gasteiger partial charge in [0.25, 0.3) is 0 Å². The maximum absolute atomic E-state index is 13.3. The van der Waals surface area contributed by atoms with Crippen LogP contribution >= 0.6 is 0 Å². The highest BCUT2D eigenvalue weighted by atomic mass is 16.7. The number of nitrogens with one attached hydrogen (secondary N) is 2. The topological polar surface area (TPSA) is 113 Å². The predicted octanol–water partition coefficient (Wildman–Crippen LogP) is 3.86. The molecule has 0 radical (unpaired) electrons. The van der Waals surface area contributed by atoms with Crippen LogP contribution in [0.3, 0.4) is 0 Å². The molecule has 212 valence electrons. The zero-order chi connectivity index (χ0) is 28.1. The van der Waals surface area contributed by atoms with Crippen molar-refractivity contribution in [2.75, 3.05) is 41.2 Å². The number of ether oxygens (including phenoxy) is 5. The van der Waals surface area contributed by atoms with Crippen molar-refractivity contribution in [1.82, 2.24) is 20.6 Å². The summed E-state index contributed by atoms with van der Waals surface area (Å²) in [5, 5.41) is 6.83. The smallest absolute Gasteiger partial charge is 0.231 e. The second-order valence-corrected chi connectivity index (χ2v) is 10.2. The number of piperidine rings is 1. The summed E-state index contributed by atoms with van der Waals surface area (Å²) in [6.07, 6.45) is 6.25. The molecule has 0 saturated carbocycles. The van der Waals surface area contributed by atoms with Gasteiger partial charge in [0.15, 0.2) is 23.0 Å². The summed E-state index contributed by atoms with van der Waals surface area (Å²) >= 11 is 0. The molecular formula is C30H36N4O6. The van der Waals surface area contributed by atoms with Gasteiger partial charge < -0.3 is 34.3 Å². The molecule has 2 aromatic carbocycles. The molecule has 0 bridgehead atoms. The lowest BCUT2D eigenvalue weighted by Crippen LogP contribution is -2.53. The molecule has 10 heteroatoms. The van der Waals surface area contributed by atoms with Gasteiger partial charge in [-0.05, 0) is 67.6 Å². The van der Waals surface area contributed by atoms with Crippen molar-refractivity contribution in [1.29, 1.82) is 0 Å². The monoisotopic (exact) mass is 548 g/mol. The van der Waals surface area contributed by atoms with E-state index in [9.17, 15) is 4.79 Å². The van der Waals surface area contributed by atoms with Crippen LogP contribution in [-0.4, -0.2) is 57.1 Å². The normalized spacial score (nSPS) is 17.6. The summed E-state index contributed by atoms with van der Waals surface area (Å²) in [5.41, 5.74) is 2.07. The molecular weight excluding hydrogens is 512 g/mol.